The van der Waals surface area contributed by atoms with Crippen LogP contribution < -0.4 is 0 Å². The molecular weight excluding hydrogens is 332 g/mol. The number of allylic oxidation sites excluding steroid dienone is 1. The average molecular weight is 361 g/mol. The van der Waals surface area contributed by atoms with Crippen LogP contribution in [0.4, 0.5) is 0 Å². The Kier molecular flexibility index (Phi) is 5.07. The van der Waals surface area contributed by atoms with Crippen LogP contribution in [0.3, 0.4) is 0 Å². The number of carbonyl (C=O) groups is 1. The Hall–Kier alpha value is -1.59. The first-order valence-electron chi connectivity index (χ1n) is 9.09. The average Bonchev–Trinajstić information content (AvgIpc) is 2.59. The van der Waals surface area contributed by atoms with Crippen LogP contribution in [0.5, 0.6) is 0 Å². The molecule has 1 heterocycles. The fourth-order valence-electron chi connectivity index (χ4n) is 4.10. The van der Waals surface area contributed by atoms with Gasteiger partial charge in [-0.3, -0.25) is 0 Å². The lowest BCUT2D eigenvalue weighted by Gasteiger charge is -2.51. The molecule has 0 bridgehead atoms. The van der Waals surface area contributed by atoms with Crippen LogP contribution in [-0.4, -0.2) is 27.2 Å². The normalized spacial score (nSPS) is 29.2. The molecule has 0 N–H and O–H groups in total. The summed E-state index contributed by atoms with van der Waals surface area (Å²) in [6.07, 6.45) is 6.00. The lowest BCUT2D eigenvalue weighted by Crippen LogP contribution is -2.55. The van der Waals surface area contributed by atoms with Gasteiger partial charge in [-0.05, 0) is 44.1 Å². The molecule has 136 valence electrons. The van der Waals surface area contributed by atoms with E-state index >= 15 is 0 Å². The minimum absolute atomic E-state index is 0.0979. The quantitative estimate of drug-likeness (QED) is 0.582. The van der Waals surface area contributed by atoms with Crippen molar-refractivity contribution in [1.82, 2.24) is 0 Å². The Labute approximate surface area is 151 Å². The summed E-state index contributed by atoms with van der Waals surface area (Å²) >= 11 is 0. The van der Waals surface area contributed by atoms with E-state index in [1.807, 2.05) is 24.3 Å². The number of esters is 1. The van der Waals surface area contributed by atoms with Crippen molar-refractivity contribution in [3.05, 3.63) is 47.7 Å². The van der Waals surface area contributed by atoms with Crippen molar-refractivity contribution < 1.29 is 18.7 Å². The van der Waals surface area contributed by atoms with E-state index in [-0.39, 0.29) is 17.6 Å². The van der Waals surface area contributed by atoms with Gasteiger partial charge in [0.05, 0.1) is 7.11 Å². The van der Waals surface area contributed by atoms with Gasteiger partial charge in [0.25, 0.3) is 0 Å². The molecule has 0 amide bonds. The summed E-state index contributed by atoms with van der Waals surface area (Å²) < 4.78 is 17.8. The molecule has 0 unspecified atom stereocenters. The number of methoxy groups -OCH3 is 1. The second-order valence-corrected chi connectivity index (χ2v) is 12.4. The van der Waals surface area contributed by atoms with Gasteiger partial charge in [0.1, 0.15) is 0 Å². The summed E-state index contributed by atoms with van der Waals surface area (Å²) in [5.41, 5.74) is 1.20. The van der Waals surface area contributed by atoms with Crippen LogP contribution in [0.25, 0.3) is 0 Å². The number of hydrogen-bond donors (Lipinski definition) is 0. The van der Waals surface area contributed by atoms with Crippen LogP contribution in [0, 0.1) is 5.92 Å². The molecule has 4 nitrogen and oxygen atoms in total. The molecule has 1 fully saturated rings. The van der Waals surface area contributed by atoms with E-state index < -0.39 is 20.1 Å². The molecule has 25 heavy (non-hydrogen) atoms. The molecule has 1 aliphatic heterocycles. The minimum Gasteiger partial charge on any atom is -0.463 e. The van der Waals surface area contributed by atoms with Gasteiger partial charge in [0.2, 0.25) is 11.5 Å². The first-order chi connectivity index (χ1) is 11.8. The van der Waals surface area contributed by atoms with Crippen LogP contribution in [-0.2, 0) is 18.7 Å². The standard InChI is InChI=1S/C20H28O4Si/c1-22-19(21)18-14-16(15-10-6-5-7-11-15)17-12-8-9-13-20(17,23-18)24-25(2,3)4/h5-7,10-11,14,16-17H,8-9,12-13H2,1-4H3/t16-,17+,20+/m1/s1. The molecule has 0 saturated heterocycles. The van der Waals surface area contributed by atoms with Gasteiger partial charge in [0, 0.05) is 18.3 Å². The highest BCUT2D eigenvalue weighted by Gasteiger charge is 2.53. The number of benzene rings is 1. The number of ether oxygens (including phenoxy) is 2. The molecule has 1 saturated carbocycles. The SMILES string of the molecule is COC(=O)C1=C[C@H](c2ccccc2)[C@@H]2CCCC[C@@]2(O[Si](C)(C)C)O1. The van der Waals surface area contributed by atoms with Gasteiger partial charge in [-0.25, -0.2) is 4.79 Å². The molecule has 3 atom stereocenters. The minimum atomic E-state index is -1.87. The summed E-state index contributed by atoms with van der Waals surface area (Å²) in [5.74, 6) is -0.553. The maximum Gasteiger partial charge on any atom is 0.373 e. The maximum atomic E-state index is 12.3. The van der Waals surface area contributed by atoms with Gasteiger partial charge < -0.3 is 13.9 Å². The van der Waals surface area contributed by atoms with Crippen LogP contribution in [0.2, 0.25) is 19.6 Å². The highest BCUT2D eigenvalue weighted by atomic mass is 28.4. The zero-order valence-electron chi connectivity index (χ0n) is 15.6. The molecule has 3 rings (SSSR count). The molecule has 0 radical (unpaired) electrons. The predicted octanol–water partition coefficient (Wildman–Crippen LogP) is 4.60. The van der Waals surface area contributed by atoms with E-state index in [1.165, 1.54) is 12.7 Å². The van der Waals surface area contributed by atoms with Crippen molar-refractivity contribution in [2.45, 2.75) is 57.0 Å². The Balaban J connectivity index is 2.07. The maximum absolute atomic E-state index is 12.3. The molecule has 2 aliphatic rings. The van der Waals surface area contributed by atoms with Crippen molar-refractivity contribution in [3.63, 3.8) is 0 Å². The van der Waals surface area contributed by atoms with E-state index in [1.54, 1.807) is 0 Å². The third-order valence-electron chi connectivity index (χ3n) is 4.95. The largest absolute Gasteiger partial charge is 0.463 e. The van der Waals surface area contributed by atoms with E-state index in [2.05, 4.69) is 31.8 Å². The smallest absolute Gasteiger partial charge is 0.373 e. The summed E-state index contributed by atoms with van der Waals surface area (Å²) in [5, 5.41) is 0. The highest BCUT2D eigenvalue weighted by Crippen LogP contribution is 2.51. The summed E-state index contributed by atoms with van der Waals surface area (Å²) in [7, 11) is -0.480. The number of hydrogen-bond acceptors (Lipinski definition) is 4. The monoisotopic (exact) mass is 360 g/mol. The van der Waals surface area contributed by atoms with Gasteiger partial charge in [-0.15, -0.1) is 0 Å². The van der Waals surface area contributed by atoms with Crippen molar-refractivity contribution in [2.24, 2.45) is 5.92 Å². The first kappa shape index (κ1) is 18.2. The van der Waals surface area contributed by atoms with Crippen molar-refractivity contribution in [3.8, 4) is 0 Å². The summed E-state index contributed by atoms with van der Waals surface area (Å²) in [6, 6.07) is 10.3. The van der Waals surface area contributed by atoms with Crippen LogP contribution in [0.15, 0.2) is 42.2 Å². The third-order valence-corrected chi connectivity index (χ3v) is 5.91. The molecule has 1 aromatic carbocycles. The first-order valence-corrected chi connectivity index (χ1v) is 12.5. The molecule has 0 aromatic heterocycles. The molecular formula is C20H28O4Si. The molecule has 1 aliphatic carbocycles. The van der Waals surface area contributed by atoms with Crippen LogP contribution in [0.1, 0.15) is 37.2 Å². The number of carbonyl (C=O) groups excluding carboxylic acids is 1. The fraction of sp³-hybridized carbons (Fsp3) is 0.550. The second kappa shape index (κ2) is 6.96. The van der Waals surface area contributed by atoms with Gasteiger partial charge in [-0.1, -0.05) is 36.8 Å². The highest BCUT2D eigenvalue weighted by molar-refractivity contribution is 6.69. The predicted molar refractivity (Wildman–Crippen MR) is 99.5 cm³/mol. The zero-order valence-corrected chi connectivity index (χ0v) is 16.6. The van der Waals surface area contributed by atoms with Gasteiger partial charge in [-0.2, -0.15) is 0 Å². The van der Waals surface area contributed by atoms with Gasteiger partial charge >= 0.3 is 5.97 Å². The van der Waals surface area contributed by atoms with Gasteiger partial charge in [0.15, 0.2) is 8.32 Å². The molecule has 5 heteroatoms. The zero-order chi connectivity index (χ0) is 18.1. The van der Waals surface area contributed by atoms with E-state index in [0.717, 1.165) is 25.7 Å². The topological polar surface area (TPSA) is 44.8 Å². The van der Waals surface area contributed by atoms with Crippen molar-refractivity contribution >= 4 is 14.3 Å². The van der Waals surface area contributed by atoms with Crippen LogP contribution >= 0.6 is 0 Å². The summed E-state index contributed by atoms with van der Waals surface area (Å²) in [4.78, 5) is 12.3. The Morgan fingerprint density at radius 1 is 1.20 bits per heavy atom. The fourth-order valence-corrected chi connectivity index (χ4v) is 5.43. The second-order valence-electron chi connectivity index (χ2n) is 7.94. The van der Waals surface area contributed by atoms with E-state index in [0.29, 0.717) is 0 Å². The molecule has 0 spiro atoms. The Morgan fingerprint density at radius 2 is 1.92 bits per heavy atom. The summed E-state index contributed by atoms with van der Waals surface area (Å²) in [6.45, 7) is 6.51. The number of rotatable bonds is 4. The lowest BCUT2D eigenvalue weighted by atomic mass is 9.71. The van der Waals surface area contributed by atoms with E-state index in [9.17, 15) is 4.79 Å². The van der Waals surface area contributed by atoms with Crippen molar-refractivity contribution in [2.75, 3.05) is 7.11 Å². The third kappa shape index (κ3) is 3.82. The molecule has 1 aromatic rings. The lowest BCUT2D eigenvalue weighted by molar-refractivity contribution is -0.230. The van der Waals surface area contributed by atoms with E-state index in [4.69, 9.17) is 13.9 Å². The number of fused-ring (bicyclic) bond motifs is 1. The Morgan fingerprint density at radius 3 is 2.56 bits per heavy atom. The van der Waals surface area contributed by atoms with Crippen molar-refractivity contribution in [1.29, 1.82) is 0 Å². The Bertz CT molecular complexity index is 649.